The van der Waals surface area contributed by atoms with E-state index in [9.17, 15) is 0 Å². The molecule has 0 aliphatic rings. The average Bonchev–Trinajstić information content (AvgIpc) is 2.73. The normalized spacial score (nSPS) is 10.5. The molecule has 78 valence electrons. The van der Waals surface area contributed by atoms with Crippen LogP contribution in [0.5, 0.6) is 0 Å². The van der Waals surface area contributed by atoms with Gasteiger partial charge in [0.25, 0.3) is 0 Å². The number of aromatic nitrogens is 2. The van der Waals surface area contributed by atoms with Gasteiger partial charge in [-0.25, -0.2) is 9.97 Å². The van der Waals surface area contributed by atoms with Gasteiger partial charge in [0.2, 0.25) is 0 Å². The highest BCUT2D eigenvalue weighted by molar-refractivity contribution is 9.10. The van der Waals surface area contributed by atoms with E-state index in [2.05, 4.69) is 25.9 Å². The zero-order valence-electron chi connectivity index (χ0n) is 7.78. The van der Waals surface area contributed by atoms with Gasteiger partial charge in [-0.2, -0.15) is 0 Å². The van der Waals surface area contributed by atoms with Crippen LogP contribution in [-0.2, 0) is 12.8 Å². The van der Waals surface area contributed by atoms with E-state index in [1.807, 2.05) is 17.6 Å². The number of aryl methyl sites for hydroxylation is 2. The zero-order valence-corrected chi connectivity index (χ0v) is 10.9. The van der Waals surface area contributed by atoms with Crippen LogP contribution in [0.1, 0.15) is 10.6 Å². The highest BCUT2D eigenvalue weighted by atomic mass is 79.9. The number of hydrogen-bond acceptors (Lipinski definition) is 3. The Hall–Kier alpha value is -0.450. The van der Waals surface area contributed by atoms with Crippen molar-refractivity contribution in [2.24, 2.45) is 0 Å². The molecule has 0 spiro atoms. The molecule has 2 aromatic rings. The Morgan fingerprint density at radius 1 is 1.27 bits per heavy atom. The summed E-state index contributed by atoms with van der Waals surface area (Å²) in [5, 5.41) is 3.83. The van der Waals surface area contributed by atoms with Crippen LogP contribution in [0, 0.1) is 0 Å². The van der Waals surface area contributed by atoms with Crippen molar-refractivity contribution < 1.29 is 0 Å². The molecule has 5 heteroatoms. The molecular formula is C10H8BrClN2S. The van der Waals surface area contributed by atoms with Crippen LogP contribution in [0.2, 0.25) is 5.02 Å². The Bertz CT molecular complexity index is 445. The first kappa shape index (κ1) is 11.0. The number of nitrogens with zero attached hydrogens (tertiary/aromatic N) is 2. The van der Waals surface area contributed by atoms with Gasteiger partial charge >= 0.3 is 0 Å². The summed E-state index contributed by atoms with van der Waals surface area (Å²) in [6.07, 6.45) is 5.40. The van der Waals surface area contributed by atoms with Crippen molar-refractivity contribution >= 4 is 38.9 Å². The lowest BCUT2D eigenvalue weighted by atomic mass is 10.1. The molecule has 2 rings (SSSR count). The molecule has 2 heterocycles. The van der Waals surface area contributed by atoms with Crippen LogP contribution in [0.4, 0.5) is 0 Å². The molecule has 2 nitrogen and oxygen atoms in total. The van der Waals surface area contributed by atoms with Crippen molar-refractivity contribution in [3.63, 3.8) is 0 Å². The molecule has 0 unspecified atom stereocenters. The third kappa shape index (κ3) is 2.77. The smallest absolute Gasteiger partial charge is 0.124 e. The quantitative estimate of drug-likeness (QED) is 0.807. The Labute approximate surface area is 105 Å². The van der Waals surface area contributed by atoms with Crippen LogP contribution < -0.4 is 0 Å². The maximum absolute atomic E-state index is 6.11. The molecule has 0 saturated carbocycles. The minimum Gasteiger partial charge on any atom is -0.250 e. The SMILES string of the molecule is Clc1c(CCc2nccs2)ccnc1Br. The first-order chi connectivity index (χ1) is 7.27. The Morgan fingerprint density at radius 3 is 2.87 bits per heavy atom. The molecule has 0 aliphatic carbocycles. The van der Waals surface area contributed by atoms with Gasteiger partial charge in [0, 0.05) is 24.2 Å². The lowest BCUT2D eigenvalue weighted by Gasteiger charge is -2.03. The molecule has 0 N–H and O–H groups in total. The summed E-state index contributed by atoms with van der Waals surface area (Å²) in [6.45, 7) is 0. The average molecular weight is 304 g/mol. The molecule has 0 aliphatic heterocycles. The van der Waals surface area contributed by atoms with E-state index in [4.69, 9.17) is 11.6 Å². The molecule has 0 bridgehead atoms. The molecule has 0 radical (unpaired) electrons. The largest absolute Gasteiger partial charge is 0.250 e. The van der Waals surface area contributed by atoms with Crippen molar-refractivity contribution in [1.29, 1.82) is 0 Å². The minimum absolute atomic E-state index is 0.703. The molecule has 2 aromatic heterocycles. The lowest BCUT2D eigenvalue weighted by Crippen LogP contribution is -1.93. The van der Waals surface area contributed by atoms with E-state index in [0.29, 0.717) is 9.63 Å². The van der Waals surface area contributed by atoms with Crippen molar-refractivity contribution in [1.82, 2.24) is 9.97 Å². The van der Waals surface area contributed by atoms with Gasteiger partial charge in [-0.05, 0) is 34.0 Å². The Kier molecular flexibility index (Phi) is 3.72. The predicted molar refractivity (Wildman–Crippen MR) is 66.5 cm³/mol. The van der Waals surface area contributed by atoms with Gasteiger partial charge in [-0.15, -0.1) is 11.3 Å². The third-order valence-electron chi connectivity index (χ3n) is 2.02. The second-order valence-corrected chi connectivity index (χ2v) is 5.11. The summed E-state index contributed by atoms with van der Waals surface area (Å²) in [6, 6.07) is 1.95. The van der Waals surface area contributed by atoms with E-state index in [1.54, 1.807) is 17.5 Å². The highest BCUT2D eigenvalue weighted by Crippen LogP contribution is 2.24. The molecule has 0 atom stereocenters. The van der Waals surface area contributed by atoms with Gasteiger partial charge in [0.15, 0.2) is 0 Å². The topological polar surface area (TPSA) is 25.8 Å². The van der Waals surface area contributed by atoms with Crippen LogP contribution >= 0.6 is 38.9 Å². The van der Waals surface area contributed by atoms with Crippen molar-refractivity contribution in [3.05, 3.63) is 44.0 Å². The van der Waals surface area contributed by atoms with E-state index in [0.717, 1.165) is 23.4 Å². The van der Waals surface area contributed by atoms with E-state index in [-0.39, 0.29) is 0 Å². The first-order valence-electron chi connectivity index (χ1n) is 4.44. The molecule has 0 aromatic carbocycles. The van der Waals surface area contributed by atoms with E-state index >= 15 is 0 Å². The number of hydrogen-bond donors (Lipinski definition) is 0. The molecule has 0 saturated heterocycles. The Balaban J connectivity index is 2.08. The fourth-order valence-corrected chi connectivity index (χ4v) is 2.47. The summed E-state index contributed by atoms with van der Waals surface area (Å²) in [4.78, 5) is 8.29. The van der Waals surface area contributed by atoms with Gasteiger partial charge in [-0.1, -0.05) is 11.6 Å². The molecular weight excluding hydrogens is 296 g/mol. The van der Waals surface area contributed by atoms with Crippen molar-refractivity contribution in [2.45, 2.75) is 12.8 Å². The van der Waals surface area contributed by atoms with Crippen molar-refractivity contribution in [2.75, 3.05) is 0 Å². The molecule has 15 heavy (non-hydrogen) atoms. The summed E-state index contributed by atoms with van der Waals surface area (Å²) >= 11 is 11.1. The molecule has 0 fully saturated rings. The summed E-state index contributed by atoms with van der Waals surface area (Å²) in [7, 11) is 0. The summed E-state index contributed by atoms with van der Waals surface area (Å²) < 4.78 is 0.709. The van der Waals surface area contributed by atoms with Crippen LogP contribution in [0.3, 0.4) is 0 Å². The maximum Gasteiger partial charge on any atom is 0.124 e. The Morgan fingerprint density at radius 2 is 2.13 bits per heavy atom. The maximum atomic E-state index is 6.11. The second-order valence-electron chi connectivity index (χ2n) is 3.00. The van der Waals surface area contributed by atoms with Gasteiger partial charge < -0.3 is 0 Å². The lowest BCUT2D eigenvalue weighted by molar-refractivity contribution is 0.938. The minimum atomic E-state index is 0.703. The number of pyridine rings is 1. The highest BCUT2D eigenvalue weighted by Gasteiger charge is 2.05. The monoisotopic (exact) mass is 302 g/mol. The summed E-state index contributed by atoms with van der Waals surface area (Å²) in [5.41, 5.74) is 1.11. The fourth-order valence-electron chi connectivity index (χ4n) is 1.27. The van der Waals surface area contributed by atoms with Crippen LogP contribution in [0.15, 0.2) is 28.4 Å². The van der Waals surface area contributed by atoms with Gasteiger partial charge in [0.05, 0.1) is 10.0 Å². The number of thiazole rings is 1. The standard InChI is InChI=1S/C10H8BrClN2S/c11-10-9(12)7(3-4-14-10)1-2-8-13-5-6-15-8/h3-6H,1-2H2. The summed E-state index contributed by atoms with van der Waals surface area (Å²) in [5.74, 6) is 0. The predicted octanol–water partition coefficient (Wildman–Crippen LogP) is 3.74. The molecule has 0 amide bonds. The van der Waals surface area contributed by atoms with Crippen LogP contribution in [0.25, 0.3) is 0 Å². The van der Waals surface area contributed by atoms with E-state index < -0.39 is 0 Å². The number of halogens is 2. The van der Waals surface area contributed by atoms with Gasteiger partial charge in [-0.3, -0.25) is 0 Å². The van der Waals surface area contributed by atoms with Crippen LogP contribution in [-0.4, -0.2) is 9.97 Å². The zero-order chi connectivity index (χ0) is 10.7. The van der Waals surface area contributed by atoms with E-state index in [1.165, 1.54) is 0 Å². The van der Waals surface area contributed by atoms with Crippen molar-refractivity contribution in [3.8, 4) is 0 Å². The second kappa shape index (κ2) is 5.05. The third-order valence-corrected chi connectivity index (χ3v) is 4.11. The first-order valence-corrected chi connectivity index (χ1v) is 6.49. The van der Waals surface area contributed by atoms with Gasteiger partial charge in [0.1, 0.15) is 4.60 Å². The fraction of sp³-hybridized carbons (Fsp3) is 0.200. The number of rotatable bonds is 3.